The molecule has 1 rings (SSSR count). The van der Waals surface area contributed by atoms with Crippen molar-refractivity contribution < 1.29 is 56.1 Å². The molecule has 0 bridgehead atoms. The van der Waals surface area contributed by atoms with E-state index in [1.54, 1.807) is 0 Å². The summed E-state index contributed by atoms with van der Waals surface area (Å²) in [6, 6.07) is 0.831. The summed E-state index contributed by atoms with van der Waals surface area (Å²) >= 11 is 0. The van der Waals surface area contributed by atoms with Crippen molar-refractivity contribution in [3.63, 3.8) is 0 Å². The molecule has 3 heteroatoms. The first-order valence-electron chi connectivity index (χ1n) is 3.06. The number of hydrogen-bond donors (Lipinski definition) is 0. The maximum atomic E-state index is 5.20. The van der Waals surface area contributed by atoms with Gasteiger partial charge in [0.1, 0.15) is 0 Å². The van der Waals surface area contributed by atoms with E-state index in [4.69, 9.17) is 4.74 Å². The smallest absolute Gasteiger partial charge is 0.653 e. The zero-order valence-electron chi connectivity index (χ0n) is 6.42. The first kappa shape index (κ1) is 10.6. The molecule has 0 saturated carbocycles. The molecule has 1 fully saturated rings. The Hall–Kier alpha value is 1.56. The molecule has 1 saturated heterocycles. The minimum atomic E-state index is 0. The predicted octanol–water partition coefficient (Wildman–Crippen LogP) is -1.83. The van der Waals surface area contributed by atoms with Crippen molar-refractivity contribution in [2.45, 2.75) is 25.9 Å². The molecule has 2 atom stereocenters. The van der Waals surface area contributed by atoms with E-state index in [2.05, 4.69) is 19.2 Å². The quantitative estimate of drug-likeness (QED) is 0.376. The maximum absolute atomic E-state index is 5.20. The van der Waals surface area contributed by atoms with Crippen LogP contribution in [0, 0.1) is 0 Å². The van der Waals surface area contributed by atoms with Crippen LogP contribution >= 0.6 is 0 Å². The second-order valence-electron chi connectivity index (χ2n) is 2.38. The summed E-state index contributed by atoms with van der Waals surface area (Å²) in [5, 5.41) is 4.36. The molecule has 0 spiro atoms. The predicted molar refractivity (Wildman–Crippen MR) is 33.1 cm³/mol. The zero-order valence-corrected chi connectivity index (χ0v) is 9.55. The molecule has 0 amide bonds. The molecule has 1 aliphatic rings. The maximum Gasteiger partial charge on any atom is 1.00 e. The Kier molecular flexibility index (Phi) is 6.14. The normalized spacial score (nSPS) is 35.3. The van der Waals surface area contributed by atoms with E-state index in [9.17, 15) is 0 Å². The summed E-state index contributed by atoms with van der Waals surface area (Å²) in [5.41, 5.74) is 0. The van der Waals surface area contributed by atoms with Crippen molar-refractivity contribution in [2.24, 2.45) is 0 Å². The molecule has 0 N–H and O–H groups in total. The molecular formula is C6H12KNO. The number of rotatable bonds is 0. The van der Waals surface area contributed by atoms with Gasteiger partial charge in [0, 0.05) is 13.2 Å². The third-order valence-corrected chi connectivity index (χ3v) is 1.23. The van der Waals surface area contributed by atoms with Gasteiger partial charge in [-0.3, -0.25) is 0 Å². The van der Waals surface area contributed by atoms with Crippen molar-refractivity contribution >= 4 is 0 Å². The fourth-order valence-electron chi connectivity index (χ4n) is 0.930. The SMILES string of the molecule is CC1COCC(C)[N-]1.[K+]. The van der Waals surface area contributed by atoms with Crippen molar-refractivity contribution in [1.82, 2.24) is 0 Å². The van der Waals surface area contributed by atoms with Crippen LogP contribution in [0.25, 0.3) is 5.32 Å². The fraction of sp³-hybridized carbons (Fsp3) is 1.00. The summed E-state index contributed by atoms with van der Waals surface area (Å²) in [6.07, 6.45) is 0. The fourth-order valence-corrected chi connectivity index (χ4v) is 0.930. The molecule has 0 aliphatic carbocycles. The molecule has 0 aromatic carbocycles. The van der Waals surface area contributed by atoms with Gasteiger partial charge < -0.3 is 10.1 Å². The summed E-state index contributed by atoms with van der Waals surface area (Å²) in [6.45, 7) is 5.78. The van der Waals surface area contributed by atoms with Gasteiger partial charge in [-0.25, -0.2) is 0 Å². The van der Waals surface area contributed by atoms with Crippen LogP contribution in [0.3, 0.4) is 0 Å². The van der Waals surface area contributed by atoms with Crippen LogP contribution in [0.4, 0.5) is 0 Å². The largest absolute Gasteiger partial charge is 1.00 e. The van der Waals surface area contributed by atoms with E-state index in [1.165, 1.54) is 0 Å². The van der Waals surface area contributed by atoms with E-state index in [0.29, 0.717) is 12.1 Å². The molecule has 0 aromatic rings. The Labute approximate surface area is 99.1 Å². The summed E-state index contributed by atoms with van der Waals surface area (Å²) in [7, 11) is 0. The van der Waals surface area contributed by atoms with Gasteiger partial charge in [0.25, 0.3) is 0 Å². The molecule has 2 unspecified atom stereocenters. The summed E-state index contributed by atoms with van der Waals surface area (Å²) in [4.78, 5) is 0. The zero-order chi connectivity index (χ0) is 5.98. The van der Waals surface area contributed by atoms with Gasteiger partial charge in [-0.05, 0) is 0 Å². The molecule has 1 aliphatic heterocycles. The van der Waals surface area contributed by atoms with Crippen LogP contribution in [-0.2, 0) is 4.74 Å². The van der Waals surface area contributed by atoms with E-state index in [-0.39, 0.29) is 51.4 Å². The van der Waals surface area contributed by atoms with Gasteiger partial charge in [0.05, 0.1) is 0 Å². The molecular weight excluding hydrogens is 141 g/mol. The van der Waals surface area contributed by atoms with E-state index in [0.717, 1.165) is 13.2 Å². The second kappa shape index (κ2) is 5.24. The Bertz CT molecular complexity index is 71.5. The monoisotopic (exact) mass is 153 g/mol. The molecule has 2 nitrogen and oxygen atoms in total. The van der Waals surface area contributed by atoms with Crippen LogP contribution in [0.1, 0.15) is 13.8 Å². The summed E-state index contributed by atoms with van der Waals surface area (Å²) < 4.78 is 5.20. The van der Waals surface area contributed by atoms with Gasteiger partial charge in [-0.1, -0.05) is 13.8 Å². The number of morpholine rings is 1. The van der Waals surface area contributed by atoms with Crippen LogP contribution in [-0.4, -0.2) is 25.3 Å². The number of ether oxygens (including phenoxy) is 1. The van der Waals surface area contributed by atoms with Crippen LogP contribution in [0.2, 0.25) is 0 Å². The third-order valence-electron chi connectivity index (χ3n) is 1.23. The van der Waals surface area contributed by atoms with Crippen LogP contribution < -0.4 is 51.4 Å². The van der Waals surface area contributed by atoms with Crippen molar-refractivity contribution in [3.05, 3.63) is 5.32 Å². The average Bonchev–Trinajstić information content (AvgIpc) is 1.64. The van der Waals surface area contributed by atoms with E-state index in [1.807, 2.05) is 0 Å². The standard InChI is InChI=1S/C6H12NO.K/c1-5-3-8-4-6(2)7-5;/h5-6H,3-4H2,1-2H3;/q-1;+1. The van der Waals surface area contributed by atoms with Crippen molar-refractivity contribution in [1.29, 1.82) is 0 Å². The van der Waals surface area contributed by atoms with Crippen LogP contribution in [0.5, 0.6) is 0 Å². The first-order chi connectivity index (χ1) is 3.79. The number of hydrogen-bond acceptors (Lipinski definition) is 1. The Morgan fingerprint density at radius 1 is 1.22 bits per heavy atom. The summed E-state index contributed by atoms with van der Waals surface area (Å²) in [5.74, 6) is 0. The van der Waals surface area contributed by atoms with E-state index >= 15 is 0 Å². The van der Waals surface area contributed by atoms with Gasteiger partial charge in [0.15, 0.2) is 0 Å². The van der Waals surface area contributed by atoms with Crippen molar-refractivity contribution in [3.8, 4) is 0 Å². The Morgan fingerprint density at radius 2 is 1.67 bits per heavy atom. The molecule has 9 heavy (non-hydrogen) atoms. The molecule has 0 radical (unpaired) electrons. The van der Waals surface area contributed by atoms with Crippen LogP contribution in [0.15, 0.2) is 0 Å². The molecule has 1 heterocycles. The second-order valence-corrected chi connectivity index (χ2v) is 2.38. The van der Waals surface area contributed by atoms with Gasteiger partial charge >= 0.3 is 51.4 Å². The Balaban J connectivity index is 0.000000640. The average molecular weight is 153 g/mol. The van der Waals surface area contributed by atoms with Gasteiger partial charge in [-0.15, -0.1) is 12.1 Å². The Morgan fingerprint density at radius 3 is 1.89 bits per heavy atom. The minimum Gasteiger partial charge on any atom is -0.653 e. The number of nitrogens with zero attached hydrogens (tertiary/aromatic N) is 1. The van der Waals surface area contributed by atoms with Crippen molar-refractivity contribution in [2.75, 3.05) is 13.2 Å². The van der Waals surface area contributed by atoms with E-state index < -0.39 is 0 Å². The minimum absolute atomic E-state index is 0. The topological polar surface area (TPSA) is 23.3 Å². The first-order valence-corrected chi connectivity index (χ1v) is 3.06. The molecule has 48 valence electrons. The molecule has 0 aromatic heterocycles. The van der Waals surface area contributed by atoms with Gasteiger partial charge in [-0.2, -0.15) is 0 Å². The third kappa shape index (κ3) is 4.09. The van der Waals surface area contributed by atoms with Gasteiger partial charge in [0.2, 0.25) is 0 Å².